The molecule has 0 aliphatic rings. The molecule has 0 radical (unpaired) electrons. The van der Waals surface area contributed by atoms with E-state index in [2.05, 4.69) is 26.3 Å². The third-order valence-electron chi connectivity index (χ3n) is 3.85. The summed E-state index contributed by atoms with van der Waals surface area (Å²) in [5, 5.41) is 9.00. The van der Waals surface area contributed by atoms with Gasteiger partial charge in [-0.25, -0.2) is 4.98 Å². The van der Waals surface area contributed by atoms with Crippen LogP contribution < -0.4 is 10.1 Å². The summed E-state index contributed by atoms with van der Waals surface area (Å²) in [7, 11) is 1.63. The first-order valence-corrected chi connectivity index (χ1v) is 9.03. The second-order valence-corrected chi connectivity index (χ2v) is 6.52. The first kappa shape index (κ1) is 17.4. The number of fused-ring (bicyclic) bond motifs is 1. The van der Waals surface area contributed by atoms with Crippen LogP contribution in [-0.2, 0) is 4.79 Å². The van der Waals surface area contributed by atoms with Crippen molar-refractivity contribution < 1.29 is 9.53 Å². The Kier molecular flexibility index (Phi) is 5.03. The number of alkyl halides is 1. The molecule has 2 aromatic heterocycles. The molecule has 2 heterocycles. The Bertz CT molecular complexity index is 936. The van der Waals surface area contributed by atoms with Gasteiger partial charge < -0.3 is 10.1 Å². The van der Waals surface area contributed by atoms with E-state index in [0.29, 0.717) is 29.1 Å². The van der Waals surface area contributed by atoms with Gasteiger partial charge in [-0.3, -0.25) is 4.79 Å². The minimum atomic E-state index is -0.0758. The highest BCUT2D eigenvalue weighted by molar-refractivity contribution is 9.09. The maximum Gasteiger partial charge on any atom is 0.226 e. The van der Waals surface area contributed by atoms with Crippen molar-refractivity contribution >= 4 is 38.6 Å². The predicted octanol–water partition coefficient (Wildman–Crippen LogP) is 3.77. The maximum atomic E-state index is 12.0. The zero-order chi connectivity index (χ0) is 18.0. The van der Waals surface area contributed by atoms with Crippen molar-refractivity contribution in [2.24, 2.45) is 0 Å². The monoisotopic (exact) mass is 402 g/mol. The van der Waals surface area contributed by atoms with Gasteiger partial charge in [0.2, 0.25) is 5.91 Å². The van der Waals surface area contributed by atoms with E-state index in [9.17, 15) is 4.79 Å². The molecule has 25 heavy (non-hydrogen) atoms. The topological polar surface area (TPSA) is 69.0 Å². The van der Waals surface area contributed by atoms with Crippen LogP contribution in [0.2, 0.25) is 0 Å². The van der Waals surface area contributed by atoms with Gasteiger partial charge in [0.05, 0.1) is 12.8 Å². The van der Waals surface area contributed by atoms with Crippen molar-refractivity contribution in [2.45, 2.75) is 20.3 Å². The van der Waals surface area contributed by atoms with Crippen LogP contribution in [-0.4, -0.2) is 33.1 Å². The Morgan fingerprint density at radius 2 is 2.12 bits per heavy atom. The highest BCUT2D eigenvalue weighted by Gasteiger charge is 2.14. The van der Waals surface area contributed by atoms with Crippen LogP contribution in [0.25, 0.3) is 16.7 Å². The van der Waals surface area contributed by atoms with Gasteiger partial charge in [0.25, 0.3) is 0 Å². The average Bonchev–Trinajstić information content (AvgIpc) is 2.94. The van der Waals surface area contributed by atoms with E-state index in [0.717, 1.165) is 22.2 Å². The number of nitrogens with one attached hydrogen (secondary N) is 1. The lowest BCUT2D eigenvalue weighted by Crippen LogP contribution is -2.15. The fourth-order valence-electron chi connectivity index (χ4n) is 2.70. The number of ether oxygens (including phenoxy) is 1. The molecule has 0 aliphatic carbocycles. The van der Waals surface area contributed by atoms with Gasteiger partial charge in [-0.1, -0.05) is 28.1 Å². The Morgan fingerprint density at radius 1 is 1.32 bits per heavy atom. The number of halogens is 1. The number of pyridine rings is 1. The number of aryl methyl sites for hydroxylation is 2. The Morgan fingerprint density at radius 3 is 2.84 bits per heavy atom. The third kappa shape index (κ3) is 3.51. The lowest BCUT2D eigenvalue weighted by atomic mass is 10.1. The second kappa shape index (κ2) is 7.23. The first-order chi connectivity index (χ1) is 12.0. The van der Waals surface area contributed by atoms with Crippen molar-refractivity contribution in [2.75, 3.05) is 17.8 Å². The third-order valence-corrected chi connectivity index (χ3v) is 4.25. The molecule has 1 aromatic carbocycles. The number of methoxy groups -OCH3 is 1. The summed E-state index contributed by atoms with van der Waals surface area (Å²) < 4.78 is 7.09. The molecule has 3 aromatic rings. The van der Waals surface area contributed by atoms with E-state index >= 15 is 0 Å². The summed E-state index contributed by atoms with van der Waals surface area (Å²) in [4.78, 5) is 16.7. The maximum absolute atomic E-state index is 12.0. The van der Waals surface area contributed by atoms with E-state index in [1.807, 2.05) is 44.2 Å². The lowest BCUT2D eigenvalue weighted by Gasteiger charge is -2.12. The van der Waals surface area contributed by atoms with Crippen LogP contribution in [0, 0.1) is 13.8 Å². The van der Waals surface area contributed by atoms with Crippen LogP contribution in [0.1, 0.15) is 17.7 Å². The predicted molar refractivity (Wildman–Crippen MR) is 102 cm³/mol. The molecule has 0 atom stereocenters. The molecule has 0 saturated heterocycles. The van der Waals surface area contributed by atoms with Crippen LogP contribution >= 0.6 is 15.9 Å². The second-order valence-electron chi connectivity index (χ2n) is 5.72. The largest absolute Gasteiger partial charge is 0.494 e. The number of anilines is 1. The van der Waals surface area contributed by atoms with Crippen molar-refractivity contribution in [3.63, 3.8) is 0 Å². The number of para-hydroxylation sites is 1. The molecule has 0 saturated carbocycles. The zero-order valence-corrected chi connectivity index (χ0v) is 15.9. The molecule has 0 fully saturated rings. The fourth-order valence-corrected chi connectivity index (χ4v) is 3.06. The normalized spacial score (nSPS) is 10.9. The van der Waals surface area contributed by atoms with Gasteiger partial charge in [-0.15, -0.1) is 0 Å². The Labute approximate surface area is 154 Å². The molecule has 3 rings (SSSR count). The zero-order valence-electron chi connectivity index (χ0n) is 14.3. The van der Waals surface area contributed by atoms with Gasteiger partial charge >= 0.3 is 0 Å². The minimum absolute atomic E-state index is 0.0758. The molecule has 0 aliphatic heterocycles. The Hall–Kier alpha value is -2.41. The quantitative estimate of drug-likeness (QED) is 0.659. The molecular weight excluding hydrogens is 384 g/mol. The summed E-state index contributed by atoms with van der Waals surface area (Å²) in [6.07, 6.45) is 0.391. The number of carbonyl (C=O) groups excluding carboxylic acids is 1. The first-order valence-electron chi connectivity index (χ1n) is 7.90. The molecule has 0 spiro atoms. The number of hydrogen-bond acceptors (Lipinski definition) is 4. The number of nitrogens with zero attached hydrogens (tertiary/aromatic N) is 3. The molecule has 6 nitrogen and oxygen atoms in total. The van der Waals surface area contributed by atoms with E-state index < -0.39 is 0 Å². The fraction of sp³-hybridized carbons (Fsp3) is 0.278. The highest BCUT2D eigenvalue weighted by atomic mass is 79.9. The smallest absolute Gasteiger partial charge is 0.226 e. The number of benzene rings is 1. The highest BCUT2D eigenvalue weighted by Crippen LogP contribution is 2.28. The number of aromatic nitrogens is 3. The molecule has 1 N–H and O–H groups in total. The van der Waals surface area contributed by atoms with Gasteiger partial charge in [-0.2, -0.15) is 9.78 Å². The van der Waals surface area contributed by atoms with Gasteiger partial charge in [0.1, 0.15) is 17.1 Å². The summed E-state index contributed by atoms with van der Waals surface area (Å²) in [5.74, 6) is 1.87. The molecule has 1 amide bonds. The van der Waals surface area contributed by atoms with Crippen LogP contribution in [0.3, 0.4) is 0 Å². The van der Waals surface area contributed by atoms with Crippen molar-refractivity contribution in [1.82, 2.24) is 14.8 Å². The summed E-state index contributed by atoms with van der Waals surface area (Å²) in [6.45, 7) is 3.90. The standard InChI is InChI=1S/C18H19BrN4O2/c1-11-9-15(21-18-13(11)5-4-6-14(18)25-3)23-16(10-12(2)22-23)20-17(24)7-8-19/h4-6,9-10H,7-8H2,1-3H3,(H,20,24). The molecule has 0 bridgehead atoms. The van der Waals surface area contributed by atoms with Crippen LogP contribution in [0.4, 0.5) is 5.82 Å². The average molecular weight is 403 g/mol. The molecule has 0 unspecified atom stereocenters. The van der Waals surface area contributed by atoms with Gasteiger partial charge in [0.15, 0.2) is 5.82 Å². The van der Waals surface area contributed by atoms with E-state index in [1.165, 1.54) is 0 Å². The lowest BCUT2D eigenvalue weighted by molar-refractivity contribution is -0.115. The summed E-state index contributed by atoms with van der Waals surface area (Å²) in [5.41, 5.74) is 2.63. The molecular formula is C18H19BrN4O2. The summed E-state index contributed by atoms with van der Waals surface area (Å²) >= 11 is 3.28. The van der Waals surface area contributed by atoms with Crippen molar-refractivity contribution in [3.05, 3.63) is 41.6 Å². The van der Waals surface area contributed by atoms with E-state index in [1.54, 1.807) is 11.8 Å². The molecule has 130 valence electrons. The SMILES string of the molecule is COc1cccc2c(C)cc(-n3nc(C)cc3NC(=O)CCBr)nc12. The van der Waals surface area contributed by atoms with Crippen molar-refractivity contribution in [3.8, 4) is 11.6 Å². The van der Waals surface area contributed by atoms with Crippen LogP contribution in [0.15, 0.2) is 30.3 Å². The number of carbonyl (C=O) groups is 1. The Balaban J connectivity index is 2.12. The van der Waals surface area contributed by atoms with E-state index in [4.69, 9.17) is 9.72 Å². The van der Waals surface area contributed by atoms with Gasteiger partial charge in [0, 0.05) is 23.2 Å². The minimum Gasteiger partial charge on any atom is -0.494 e. The van der Waals surface area contributed by atoms with E-state index in [-0.39, 0.29) is 5.91 Å². The van der Waals surface area contributed by atoms with Crippen molar-refractivity contribution in [1.29, 1.82) is 0 Å². The number of amides is 1. The number of hydrogen-bond donors (Lipinski definition) is 1. The summed E-state index contributed by atoms with van der Waals surface area (Å²) in [6, 6.07) is 9.62. The van der Waals surface area contributed by atoms with Gasteiger partial charge in [-0.05, 0) is 31.5 Å². The molecule has 7 heteroatoms. The van der Waals surface area contributed by atoms with Crippen LogP contribution in [0.5, 0.6) is 5.75 Å². The number of rotatable bonds is 5.